The number of nitrogens with one attached hydrogen (secondary N) is 2. The van der Waals surface area contributed by atoms with Crippen LogP contribution in [0.2, 0.25) is 0 Å². The third-order valence-electron chi connectivity index (χ3n) is 2.95. The van der Waals surface area contributed by atoms with Crippen LogP contribution in [0.25, 0.3) is 10.8 Å². The van der Waals surface area contributed by atoms with E-state index >= 15 is 0 Å². The van der Waals surface area contributed by atoms with Crippen LogP contribution in [-0.2, 0) is 0 Å². The van der Waals surface area contributed by atoms with Gasteiger partial charge in [-0.15, -0.1) is 10.2 Å². The number of benzene rings is 2. The van der Waals surface area contributed by atoms with Crippen molar-refractivity contribution in [1.82, 2.24) is 10.2 Å². The van der Waals surface area contributed by atoms with E-state index in [1.54, 1.807) is 0 Å². The summed E-state index contributed by atoms with van der Waals surface area (Å²) in [7, 11) is 0. The molecule has 0 aliphatic rings. The van der Waals surface area contributed by atoms with Crippen molar-refractivity contribution in [1.29, 1.82) is 0 Å². The van der Waals surface area contributed by atoms with Gasteiger partial charge in [-0.1, -0.05) is 41.7 Å². The number of amides is 1. The quantitative estimate of drug-likeness (QED) is 0.775. The Morgan fingerprint density at radius 2 is 1.95 bits per heavy atom. The molecule has 0 bridgehead atoms. The molecule has 106 valence electrons. The highest BCUT2D eigenvalue weighted by Gasteiger charge is 2.12. The van der Waals surface area contributed by atoms with Gasteiger partial charge in [-0.25, -0.2) is 0 Å². The lowest BCUT2D eigenvalue weighted by Gasteiger charge is -2.04. The first-order valence-corrected chi connectivity index (χ1v) is 7.45. The zero-order valence-corrected chi connectivity index (χ0v) is 12.3. The minimum atomic E-state index is -0.244. The highest BCUT2D eigenvalue weighted by Crippen LogP contribution is 2.20. The molecule has 1 heterocycles. The number of rotatable bonds is 4. The van der Waals surface area contributed by atoms with Crippen LogP contribution in [0.3, 0.4) is 0 Å². The minimum absolute atomic E-state index is 0.244. The van der Waals surface area contributed by atoms with E-state index in [0.29, 0.717) is 10.1 Å². The molecule has 21 heavy (non-hydrogen) atoms. The van der Waals surface area contributed by atoms with E-state index in [0.717, 1.165) is 23.0 Å². The lowest BCUT2D eigenvalue weighted by atomic mass is 10.1. The first-order chi connectivity index (χ1) is 10.3. The Kier molecular flexibility index (Phi) is 3.79. The second kappa shape index (κ2) is 5.88. The monoisotopic (exact) mass is 298 g/mol. The van der Waals surface area contributed by atoms with Crippen LogP contribution in [0.5, 0.6) is 0 Å². The van der Waals surface area contributed by atoms with Crippen molar-refractivity contribution in [2.24, 2.45) is 0 Å². The van der Waals surface area contributed by atoms with Gasteiger partial charge in [0.1, 0.15) is 0 Å². The highest BCUT2D eigenvalue weighted by molar-refractivity contribution is 7.17. The Bertz CT molecular complexity index is 784. The van der Waals surface area contributed by atoms with Crippen LogP contribution in [-0.4, -0.2) is 22.6 Å². The predicted molar refractivity (Wildman–Crippen MR) is 86.0 cm³/mol. The summed E-state index contributed by atoms with van der Waals surface area (Å²) in [5.41, 5.74) is 0.749. The first-order valence-electron chi connectivity index (χ1n) is 6.64. The molecule has 6 heteroatoms. The maximum absolute atomic E-state index is 12.1. The number of nitrogens with zero attached hydrogens (tertiary/aromatic N) is 2. The Morgan fingerprint density at radius 3 is 2.76 bits per heavy atom. The topological polar surface area (TPSA) is 66.9 Å². The van der Waals surface area contributed by atoms with E-state index < -0.39 is 0 Å². The van der Waals surface area contributed by atoms with Crippen molar-refractivity contribution in [2.45, 2.75) is 6.92 Å². The molecule has 0 aliphatic carbocycles. The van der Waals surface area contributed by atoms with Gasteiger partial charge in [0.15, 0.2) is 0 Å². The summed E-state index contributed by atoms with van der Waals surface area (Å²) in [6.45, 7) is 2.72. The molecule has 0 spiro atoms. The summed E-state index contributed by atoms with van der Waals surface area (Å²) in [4.78, 5) is 12.1. The Morgan fingerprint density at radius 1 is 1.14 bits per heavy atom. The summed E-state index contributed by atoms with van der Waals surface area (Å²) in [5, 5.41) is 16.9. The third kappa shape index (κ3) is 3.00. The summed E-state index contributed by atoms with van der Waals surface area (Å²) in [5.74, 6) is -0.244. The van der Waals surface area contributed by atoms with Gasteiger partial charge in [-0.05, 0) is 29.8 Å². The second-order valence-electron chi connectivity index (χ2n) is 4.46. The number of carbonyl (C=O) groups excluding carboxylic acids is 1. The molecule has 1 aromatic heterocycles. The van der Waals surface area contributed by atoms with E-state index in [9.17, 15) is 4.79 Å². The number of anilines is 2. The normalized spacial score (nSPS) is 10.5. The number of hydrogen-bond acceptors (Lipinski definition) is 5. The molecule has 2 aromatic carbocycles. The summed E-state index contributed by atoms with van der Waals surface area (Å²) < 4.78 is 0. The third-order valence-corrected chi connectivity index (χ3v) is 3.83. The lowest BCUT2D eigenvalue weighted by molar-refractivity contribution is 0.102. The maximum Gasteiger partial charge on any atom is 0.286 e. The van der Waals surface area contributed by atoms with E-state index in [1.165, 1.54) is 11.3 Å². The highest BCUT2D eigenvalue weighted by atomic mass is 32.1. The van der Waals surface area contributed by atoms with Crippen LogP contribution >= 0.6 is 11.3 Å². The molecule has 0 aliphatic heterocycles. The van der Waals surface area contributed by atoms with Gasteiger partial charge in [0, 0.05) is 12.2 Å². The number of hydrogen-bond donors (Lipinski definition) is 2. The number of aromatic nitrogens is 2. The van der Waals surface area contributed by atoms with Crippen molar-refractivity contribution in [2.75, 3.05) is 17.2 Å². The summed E-state index contributed by atoms with van der Waals surface area (Å²) >= 11 is 1.24. The van der Waals surface area contributed by atoms with Crippen LogP contribution in [0.1, 0.15) is 16.7 Å². The Hall–Kier alpha value is -2.47. The van der Waals surface area contributed by atoms with Crippen LogP contribution in [0.15, 0.2) is 42.5 Å². The molecular weight excluding hydrogens is 284 g/mol. The molecule has 3 aromatic rings. The van der Waals surface area contributed by atoms with Gasteiger partial charge in [0.25, 0.3) is 5.91 Å². The molecule has 0 atom stereocenters. The Balaban J connectivity index is 1.78. The average molecular weight is 298 g/mol. The van der Waals surface area contributed by atoms with Gasteiger partial charge in [-0.2, -0.15) is 0 Å². The van der Waals surface area contributed by atoms with E-state index in [-0.39, 0.29) is 5.91 Å². The number of carbonyl (C=O) groups is 1. The lowest BCUT2D eigenvalue weighted by Crippen LogP contribution is -2.11. The zero-order valence-electron chi connectivity index (χ0n) is 11.5. The van der Waals surface area contributed by atoms with Crippen molar-refractivity contribution in [3.05, 3.63) is 47.5 Å². The van der Waals surface area contributed by atoms with E-state index in [4.69, 9.17) is 0 Å². The molecule has 1 amide bonds. The molecule has 5 nitrogen and oxygen atoms in total. The summed E-state index contributed by atoms with van der Waals surface area (Å²) in [6, 6.07) is 13.8. The standard InChI is InChI=1S/C15H14N4OS/c1-2-16-15-19-18-14(21-15)13(20)17-12-8-7-10-5-3-4-6-11(10)9-12/h3-9H,2H2,1H3,(H,16,19)(H,17,20). The van der Waals surface area contributed by atoms with Crippen molar-refractivity contribution in [3.63, 3.8) is 0 Å². The maximum atomic E-state index is 12.1. The van der Waals surface area contributed by atoms with Gasteiger partial charge in [0.2, 0.25) is 10.1 Å². The van der Waals surface area contributed by atoms with Crippen molar-refractivity contribution < 1.29 is 4.79 Å². The fraction of sp³-hybridized carbons (Fsp3) is 0.133. The molecule has 0 unspecified atom stereocenters. The molecule has 0 saturated carbocycles. The van der Waals surface area contributed by atoms with Crippen LogP contribution < -0.4 is 10.6 Å². The average Bonchev–Trinajstić information content (AvgIpc) is 2.96. The molecule has 2 N–H and O–H groups in total. The van der Waals surface area contributed by atoms with Gasteiger partial charge in [-0.3, -0.25) is 4.79 Å². The van der Waals surface area contributed by atoms with Crippen molar-refractivity contribution >= 4 is 38.8 Å². The fourth-order valence-corrected chi connectivity index (χ4v) is 2.70. The van der Waals surface area contributed by atoms with E-state index in [2.05, 4.69) is 20.8 Å². The van der Waals surface area contributed by atoms with Gasteiger partial charge in [0.05, 0.1) is 0 Å². The van der Waals surface area contributed by atoms with Crippen molar-refractivity contribution in [3.8, 4) is 0 Å². The predicted octanol–water partition coefficient (Wildman–Crippen LogP) is 3.38. The van der Waals surface area contributed by atoms with Crippen LogP contribution in [0, 0.1) is 0 Å². The van der Waals surface area contributed by atoms with Gasteiger partial charge >= 0.3 is 0 Å². The second-order valence-corrected chi connectivity index (χ2v) is 5.44. The Labute approximate surface area is 126 Å². The largest absolute Gasteiger partial charge is 0.360 e. The minimum Gasteiger partial charge on any atom is -0.360 e. The van der Waals surface area contributed by atoms with E-state index in [1.807, 2.05) is 49.4 Å². The molecule has 3 rings (SSSR count). The number of fused-ring (bicyclic) bond motifs is 1. The van der Waals surface area contributed by atoms with Gasteiger partial charge < -0.3 is 10.6 Å². The smallest absolute Gasteiger partial charge is 0.286 e. The molecular formula is C15H14N4OS. The zero-order chi connectivity index (χ0) is 14.7. The SMILES string of the molecule is CCNc1nnc(C(=O)Nc2ccc3ccccc3c2)s1. The molecule has 0 fully saturated rings. The molecule has 0 radical (unpaired) electrons. The molecule has 0 saturated heterocycles. The first kappa shape index (κ1) is 13.5. The fourth-order valence-electron chi connectivity index (χ4n) is 1.99. The summed E-state index contributed by atoms with van der Waals surface area (Å²) in [6.07, 6.45) is 0. The van der Waals surface area contributed by atoms with Crippen LogP contribution in [0.4, 0.5) is 10.8 Å².